The third-order valence-electron chi connectivity index (χ3n) is 4.58. The van der Waals surface area contributed by atoms with Crippen LogP contribution in [-0.2, 0) is 23.5 Å². The summed E-state index contributed by atoms with van der Waals surface area (Å²) in [6, 6.07) is 13.5. The van der Waals surface area contributed by atoms with Gasteiger partial charge in [0.25, 0.3) is 11.5 Å². The number of fused-ring (bicyclic) bond motifs is 1. The Morgan fingerprint density at radius 1 is 1.11 bits per heavy atom. The van der Waals surface area contributed by atoms with Gasteiger partial charge in [-0.3, -0.25) is 9.59 Å². The average molecular weight is 399 g/mol. The number of pyridine rings is 1. The highest BCUT2D eigenvalue weighted by Crippen LogP contribution is 2.15. The quantitative estimate of drug-likeness (QED) is 0.677. The van der Waals surface area contributed by atoms with E-state index in [1.807, 2.05) is 25.1 Å². The maximum atomic E-state index is 12.5. The molecule has 0 atom stereocenters. The molecular formula is C20H21N3O4S. The monoisotopic (exact) mass is 399 g/mol. The topological polar surface area (TPSA) is 111 Å². The van der Waals surface area contributed by atoms with E-state index in [0.717, 1.165) is 22.0 Å². The van der Waals surface area contributed by atoms with Crippen molar-refractivity contribution in [2.24, 2.45) is 12.2 Å². The molecule has 0 bridgehead atoms. The summed E-state index contributed by atoms with van der Waals surface area (Å²) in [5.74, 6) is -0.440. The van der Waals surface area contributed by atoms with E-state index in [0.29, 0.717) is 13.0 Å². The van der Waals surface area contributed by atoms with E-state index in [1.54, 1.807) is 25.2 Å². The summed E-state index contributed by atoms with van der Waals surface area (Å²) >= 11 is 0. The lowest BCUT2D eigenvalue weighted by Gasteiger charge is -2.10. The Morgan fingerprint density at radius 3 is 2.43 bits per heavy atom. The molecule has 0 fully saturated rings. The minimum Gasteiger partial charge on any atom is -0.352 e. The van der Waals surface area contributed by atoms with Gasteiger partial charge in [-0.1, -0.05) is 23.8 Å². The SMILES string of the molecule is Cc1ccc2c(c1)cc(C(=O)NCCc1ccc(S(N)(=O)=O)cc1)c(=O)n2C. The summed E-state index contributed by atoms with van der Waals surface area (Å²) in [5.41, 5.74) is 2.38. The lowest BCUT2D eigenvalue weighted by Crippen LogP contribution is -2.33. The molecule has 2 aromatic carbocycles. The molecule has 0 aliphatic carbocycles. The molecule has 0 aliphatic heterocycles. The standard InChI is InChI=1S/C20H21N3O4S/c1-13-3-8-18-15(11-13)12-17(20(25)23(18)2)19(24)22-10-9-14-4-6-16(7-5-14)28(21,26)27/h3-8,11-12H,9-10H2,1-2H3,(H,22,24)(H2,21,26,27). The number of hydrogen-bond acceptors (Lipinski definition) is 4. The second-order valence-electron chi connectivity index (χ2n) is 6.68. The fraction of sp³-hybridized carbons (Fsp3) is 0.200. The number of nitrogens with zero attached hydrogens (tertiary/aromatic N) is 1. The van der Waals surface area contributed by atoms with E-state index < -0.39 is 15.9 Å². The van der Waals surface area contributed by atoms with Crippen molar-refractivity contribution in [3.05, 3.63) is 75.6 Å². The number of hydrogen-bond donors (Lipinski definition) is 2. The van der Waals surface area contributed by atoms with Gasteiger partial charge in [0.05, 0.1) is 10.4 Å². The molecule has 1 heterocycles. The average Bonchev–Trinajstić information content (AvgIpc) is 2.64. The van der Waals surface area contributed by atoms with Crippen LogP contribution in [-0.4, -0.2) is 25.4 Å². The highest BCUT2D eigenvalue weighted by molar-refractivity contribution is 7.89. The summed E-state index contributed by atoms with van der Waals surface area (Å²) in [6.45, 7) is 2.26. The molecule has 8 heteroatoms. The molecule has 146 valence electrons. The number of carbonyl (C=O) groups excluding carboxylic acids is 1. The third-order valence-corrected chi connectivity index (χ3v) is 5.50. The normalized spacial score (nSPS) is 11.5. The maximum absolute atomic E-state index is 12.5. The van der Waals surface area contributed by atoms with Crippen LogP contribution in [0.5, 0.6) is 0 Å². The molecule has 0 unspecified atom stereocenters. The lowest BCUT2D eigenvalue weighted by atomic mass is 10.1. The van der Waals surface area contributed by atoms with Gasteiger partial charge in [-0.15, -0.1) is 0 Å². The van der Waals surface area contributed by atoms with Crippen molar-refractivity contribution in [2.75, 3.05) is 6.54 Å². The van der Waals surface area contributed by atoms with Crippen LogP contribution in [0.15, 0.2) is 58.2 Å². The molecule has 1 aromatic heterocycles. The molecule has 0 saturated carbocycles. The number of primary sulfonamides is 1. The van der Waals surface area contributed by atoms with Crippen molar-refractivity contribution in [1.82, 2.24) is 9.88 Å². The van der Waals surface area contributed by atoms with Crippen LogP contribution in [0.2, 0.25) is 0 Å². The first-order chi connectivity index (χ1) is 13.2. The maximum Gasteiger partial charge on any atom is 0.263 e. The summed E-state index contributed by atoms with van der Waals surface area (Å²) in [7, 11) is -2.08. The van der Waals surface area contributed by atoms with Crippen molar-refractivity contribution in [2.45, 2.75) is 18.2 Å². The van der Waals surface area contributed by atoms with E-state index in [-0.39, 0.29) is 16.0 Å². The molecule has 28 heavy (non-hydrogen) atoms. The van der Waals surface area contributed by atoms with Crippen LogP contribution < -0.4 is 16.0 Å². The number of rotatable bonds is 5. The second-order valence-corrected chi connectivity index (χ2v) is 8.24. The van der Waals surface area contributed by atoms with Gasteiger partial charge in [-0.05, 0) is 54.6 Å². The van der Waals surface area contributed by atoms with Crippen LogP contribution in [0.25, 0.3) is 10.9 Å². The smallest absolute Gasteiger partial charge is 0.263 e. The minimum atomic E-state index is -3.73. The van der Waals surface area contributed by atoms with E-state index in [1.165, 1.54) is 16.7 Å². The van der Waals surface area contributed by atoms with Gasteiger partial charge in [-0.2, -0.15) is 0 Å². The minimum absolute atomic E-state index is 0.0373. The lowest BCUT2D eigenvalue weighted by molar-refractivity contribution is 0.0952. The van der Waals surface area contributed by atoms with Gasteiger partial charge < -0.3 is 9.88 Å². The van der Waals surface area contributed by atoms with Crippen molar-refractivity contribution in [1.29, 1.82) is 0 Å². The van der Waals surface area contributed by atoms with E-state index >= 15 is 0 Å². The van der Waals surface area contributed by atoms with Gasteiger partial charge in [0.1, 0.15) is 5.56 Å². The third kappa shape index (κ3) is 4.13. The van der Waals surface area contributed by atoms with Gasteiger partial charge in [0.15, 0.2) is 0 Å². The predicted octanol–water partition coefficient (Wildman–Crippen LogP) is 1.47. The fourth-order valence-corrected chi connectivity index (χ4v) is 3.54. The Balaban J connectivity index is 1.73. The summed E-state index contributed by atoms with van der Waals surface area (Å²) in [4.78, 5) is 25.0. The molecule has 3 aromatic rings. The summed E-state index contributed by atoms with van der Waals surface area (Å²) < 4.78 is 24.0. The van der Waals surface area contributed by atoms with Gasteiger partial charge in [-0.25, -0.2) is 13.6 Å². The number of aryl methyl sites for hydroxylation is 2. The van der Waals surface area contributed by atoms with Gasteiger partial charge in [0, 0.05) is 13.6 Å². The molecule has 7 nitrogen and oxygen atoms in total. The van der Waals surface area contributed by atoms with E-state index in [4.69, 9.17) is 5.14 Å². The Labute approximate surface area is 162 Å². The number of nitrogens with one attached hydrogen (secondary N) is 1. The summed E-state index contributed by atoms with van der Waals surface area (Å²) in [6.07, 6.45) is 0.490. The fourth-order valence-electron chi connectivity index (χ4n) is 3.03. The van der Waals surface area contributed by atoms with E-state index in [2.05, 4.69) is 5.32 Å². The van der Waals surface area contributed by atoms with Crippen LogP contribution in [0.4, 0.5) is 0 Å². The highest BCUT2D eigenvalue weighted by atomic mass is 32.2. The number of aromatic nitrogens is 1. The van der Waals surface area contributed by atoms with Gasteiger partial charge >= 0.3 is 0 Å². The molecule has 0 saturated heterocycles. The number of sulfonamides is 1. The van der Waals surface area contributed by atoms with Crippen LogP contribution in [0.1, 0.15) is 21.5 Å². The molecule has 0 radical (unpaired) electrons. The van der Waals surface area contributed by atoms with Crippen LogP contribution in [0, 0.1) is 6.92 Å². The molecule has 0 spiro atoms. The Hall–Kier alpha value is -2.97. The molecule has 3 N–H and O–H groups in total. The Bertz CT molecular complexity index is 1210. The zero-order valence-electron chi connectivity index (χ0n) is 15.6. The summed E-state index contributed by atoms with van der Waals surface area (Å²) in [5, 5.41) is 8.64. The Kier molecular flexibility index (Phi) is 5.35. The molecule has 1 amide bonds. The van der Waals surface area contributed by atoms with Crippen molar-refractivity contribution < 1.29 is 13.2 Å². The van der Waals surface area contributed by atoms with Crippen molar-refractivity contribution >= 4 is 26.8 Å². The predicted molar refractivity (Wildman–Crippen MR) is 108 cm³/mol. The largest absolute Gasteiger partial charge is 0.352 e. The first-order valence-electron chi connectivity index (χ1n) is 8.67. The van der Waals surface area contributed by atoms with Crippen LogP contribution in [0.3, 0.4) is 0 Å². The molecule has 3 rings (SSSR count). The molecule has 0 aliphatic rings. The van der Waals surface area contributed by atoms with Crippen molar-refractivity contribution in [3.63, 3.8) is 0 Å². The molecular weight excluding hydrogens is 378 g/mol. The highest BCUT2D eigenvalue weighted by Gasteiger charge is 2.14. The number of benzene rings is 2. The number of nitrogens with two attached hydrogens (primary N) is 1. The zero-order valence-corrected chi connectivity index (χ0v) is 16.4. The second kappa shape index (κ2) is 7.57. The zero-order chi connectivity index (χ0) is 20.5. The van der Waals surface area contributed by atoms with Crippen LogP contribution >= 0.6 is 0 Å². The van der Waals surface area contributed by atoms with Crippen molar-refractivity contribution in [3.8, 4) is 0 Å². The van der Waals surface area contributed by atoms with E-state index in [9.17, 15) is 18.0 Å². The first-order valence-corrected chi connectivity index (χ1v) is 10.2. The van der Waals surface area contributed by atoms with Gasteiger partial charge in [0.2, 0.25) is 10.0 Å². The number of carbonyl (C=O) groups is 1. The number of amides is 1. The Morgan fingerprint density at radius 2 is 1.79 bits per heavy atom. The first kappa shape index (κ1) is 19.8.